The molecule has 0 aromatic carbocycles. The van der Waals surface area contributed by atoms with E-state index in [-0.39, 0.29) is 0 Å². The summed E-state index contributed by atoms with van der Waals surface area (Å²) in [4.78, 5) is 4.13. The Morgan fingerprint density at radius 2 is 2.00 bits per heavy atom. The zero-order chi connectivity index (χ0) is 8.10. The van der Waals surface area contributed by atoms with E-state index in [0.29, 0.717) is 0 Å². The van der Waals surface area contributed by atoms with Gasteiger partial charge in [0.25, 0.3) is 0 Å². The van der Waals surface area contributed by atoms with Gasteiger partial charge in [0, 0.05) is 20.4 Å². The van der Waals surface area contributed by atoms with E-state index in [9.17, 15) is 0 Å². The van der Waals surface area contributed by atoms with Crippen molar-refractivity contribution in [2.75, 3.05) is 14.2 Å². The summed E-state index contributed by atoms with van der Waals surface area (Å²) in [5.74, 6) is 0. The SMILES string of the molecule is CO[SiH](OC)c1ccccn1. The van der Waals surface area contributed by atoms with Crippen LogP contribution in [-0.2, 0) is 8.85 Å². The molecule has 0 bridgehead atoms. The Morgan fingerprint density at radius 1 is 1.27 bits per heavy atom. The van der Waals surface area contributed by atoms with Crippen LogP contribution in [0, 0.1) is 0 Å². The maximum Gasteiger partial charge on any atom is 0.374 e. The first-order chi connectivity index (χ1) is 5.38. The minimum Gasteiger partial charge on any atom is -0.396 e. The molecule has 0 saturated heterocycles. The van der Waals surface area contributed by atoms with Gasteiger partial charge in [-0.3, -0.25) is 4.98 Å². The van der Waals surface area contributed by atoms with Crippen molar-refractivity contribution in [3.8, 4) is 0 Å². The van der Waals surface area contributed by atoms with Gasteiger partial charge in [0.1, 0.15) is 0 Å². The monoisotopic (exact) mass is 169 g/mol. The van der Waals surface area contributed by atoms with Crippen molar-refractivity contribution in [2.45, 2.75) is 0 Å². The predicted molar refractivity (Wildman–Crippen MR) is 45.0 cm³/mol. The molecular weight excluding hydrogens is 158 g/mol. The fraction of sp³-hybridized carbons (Fsp3) is 0.286. The molecule has 1 aromatic heterocycles. The van der Waals surface area contributed by atoms with E-state index in [0.717, 1.165) is 5.32 Å². The Kier molecular flexibility index (Phi) is 3.22. The first-order valence-electron chi connectivity index (χ1n) is 3.35. The van der Waals surface area contributed by atoms with Gasteiger partial charge in [-0.15, -0.1) is 0 Å². The summed E-state index contributed by atoms with van der Waals surface area (Å²) in [6, 6.07) is 5.73. The molecule has 0 atom stereocenters. The highest BCUT2D eigenvalue weighted by Gasteiger charge is 2.12. The first-order valence-corrected chi connectivity index (χ1v) is 4.87. The lowest BCUT2D eigenvalue weighted by Crippen LogP contribution is -2.36. The normalized spacial score (nSPS) is 10.5. The molecule has 0 unspecified atom stereocenters. The highest BCUT2D eigenvalue weighted by Crippen LogP contribution is 1.85. The van der Waals surface area contributed by atoms with Gasteiger partial charge >= 0.3 is 9.28 Å². The number of hydrogen-bond donors (Lipinski definition) is 0. The summed E-state index contributed by atoms with van der Waals surface area (Å²) in [6.45, 7) is 0. The fourth-order valence-electron chi connectivity index (χ4n) is 0.853. The zero-order valence-corrected chi connectivity index (χ0v) is 7.81. The molecule has 1 aromatic rings. The van der Waals surface area contributed by atoms with Crippen LogP contribution in [0.2, 0.25) is 0 Å². The molecule has 0 saturated carbocycles. The van der Waals surface area contributed by atoms with E-state index >= 15 is 0 Å². The van der Waals surface area contributed by atoms with Crippen molar-refractivity contribution in [3.63, 3.8) is 0 Å². The average molecular weight is 169 g/mol. The molecule has 1 heterocycles. The molecule has 0 fully saturated rings. The molecule has 0 amide bonds. The van der Waals surface area contributed by atoms with Crippen LogP contribution in [0.3, 0.4) is 0 Å². The lowest BCUT2D eigenvalue weighted by molar-refractivity contribution is 0.291. The van der Waals surface area contributed by atoms with E-state index in [1.165, 1.54) is 0 Å². The van der Waals surface area contributed by atoms with Gasteiger partial charge in [0.2, 0.25) is 0 Å². The van der Waals surface area contributed by atoms with Gasteiger partial charge in [-0.2, -0.15) is 0 Å². The second-order valence-corrected chi connectivity index (χ2v) is 4.26. The Labute approximate surface area is 67.8 Å². The molecule has 0 aliphatic heterocycles. The number of pyridine rings is 1. The highest BCUT2D eigenvalue weighted by molar-refractivity contribution is 6.60. The van der Waals surface area contributed by atoms with Gasteiger partial charge < -0.3 is 8.85 Å². The quantitative estimate of drug-likeness (QED) is 0.587. The largest absolute Gasteiger partial charge is 0.396 e. The smallest absolute Gasteiger partial charge is 0.374 e. The molecule has 3 nitrogen and oxygen atoms in total. The number of rotatable bonds is 3. The van der Waals surface area contributed by atoms with Crippen molar-refractivity contribution < 1.29 is 8.85 Å². The van der Waals surface area contributed by atoms with E-state index in [1.807, 2.05) is 18.2 Å². The third-order valence-corrected chi connectivity index (χ3v) is 3.04. The van der Waals surface area contributed by atoms with E-state index in [4.69, 9.17) is 8.85 Å². The number of nitrogens with zero attached hydrogens (tertiary/aromatic N) is 1. The molecule has 11 heavy (non-hydrogen) atoms. The van der Waals surface area contributed by atoms with E-state index in [2.05, 4.69) is 4.98 Å². The van der Waals surface area contributed by atoms with Gasteiger partial charge in [-0.1, -0.05) is 6.07 Å². The lowest BCUT2D eigenvalue weighted by atomic mass is 10.5. The predicted octanol–water partition coefficient (Wildman–Crippen LogP) is -0.198. The van der Waals surface area contributed by atoms with Crippen LogP contribution < -0.4 is 5.32 Å². The van der Waals surface area contributed by atoms with Crippen molar-refractivity contribution in [3.05, 3.63) is 24.4 Å². The van der Waals surface area contributed by atoms with Crippen molar-refractivity contribution in [1.29, 1.82) is 0 Å². The van der Waals surface area contributed by atoms with Gasteiger partial charge in [0.15, 0.2) is 0 Å². The maximum absolute atomic E-state index is 5.14. The summed E-state index contributed by atoms with van der Waals surface area (Å²) in [7, 11) is 1.63. The molecule has 0 N–H and O–H groups in total. The van der Waals surface area contributed by atoms with Crippen LogP contribution in [0.1, 0.15) is 0 Å². The third kappa shape index (κ3) is 2.11. The fourth-order valence-corrected chi connectivity index (χ4v) is 2.00. The van der Waals surface area contributed by atoms with Gasteiger partial charge in [-0.25, -0.2) is 0 Å². The minimum atomic E-state index is -1.66. The number of hydrogen-bond acceptors (Lipinski definition) is 3. The molecule has 4 heteroatoms. The Hall–Kier alpha value is -0.713. The van der Waals surface area contributed by atoms with Crippen LogP contribution in [0.5, 0.6) is 0 Å². The van der Waals surface area contributed by atoms with Crippen molar-refractivity contribution >= 4 is 14.6 Å². The van der Waals surface area contributed by atoms with E-state index in [1.54, 1.807) is 20.4 Å². The van der Waals surface area contributed by atoms with Crippen molar-refractivity contribution in [2.24, 2.45) is 0 Å². The average Bonchev–Trinajstić information content (AvgIpc) is 2.09. The van der Waals surface area contributed by atoms with Crippen LogP contribution in [-0.4, -0.2) is 28.5 Å². The molecule has 1 rings (SSSR count). The summed E-state index contributed by atoms with van der Waals surface area (Å²) in [5.41, 5.74) is 0. The van der Waals surface area contributed by atoms with Gasteiger partial charge in [0.05, 0.1) is 5.32 Å². The summed E-state index contributed by atoms with van der Waals surface area (Å²) < 4.78 is 10.3. The number of aromatic nitrogens is 1. The van der Waals surface area contributed by atoms with Crippen molar-refractivity contribution in [1.82, 2.24) is 4.98 Å². The minimum absolute atomic E-state index is 0.928. The summed E-state index contributed by atoms with van der Waals surface area (Å²) in [6.07, 6.45) is 1.74. The highest BCUT2D eigenvalue weighted by atomic mass is 28.3. The van der Waals surface area contributed by atoms with Crippen LogP contribution in [0.25, 0.3) is 0 Å². The third-order valence-electron chi connectivity index (χ3n) is 1.36. The standard InChI is InChI=1S/C7H11NO2Si/c1-9-11(10-2)7-5-3-4-6-8-7/h3-6,11H,1-2H3. The lowest BCUT2D eigenvalue weighted by Gasteiger charge is -2.08. The summed E-state index contributed by atoms with van der Waals surface area (Å²) in [5, 5.41) is 0.928. The van der Waals surface area contributed by atoms with Crippen LogP contribution in [0.15, 0.2) is 24.4 Å². The molecular formula is C7H11NO2Si. The molecule has 0 aliphatic rings. The molecule has 0 radical (unpaired) electrons. The Balaban J connectivity index is 2.74. The van der Waals surface area contributed by atoms with Crippen LogP contribution in [0.4, 0.5) is 0 Å². The van der Waals surface area contributed by atoms with E-state index < -0.39 is 9.28 Å². The maximum atomic E-state index is 5.14. The Morgan fingerprint density at radius 3 is 2.45 bits per heavy atom. The molecule has 60 valence electrons. The van der Waals surface area contributed by atoms with Gasteiger partial charge in [-0.05, 0) is 12.1 Å². The first kappa shape index (κ1) is 8.38. The van der Waals surface area contributed by atoms with Crippen LogP contribution >= 0.6 is 0 Å². The Bertz CT molecular complexity index is 201. The molecule has 0 aliphatic carbocycles. The second-order valence-electron chi connectivity index (χ2n) is 2.06. The second kappa shape index (κ2) is 4.22. The molecule has 0 spiro atoms. The summed E-state index contributed by atoms with van der Waals surface area (Å²) >= 11 is 0. The zero-order valence-electron chi connectivity index (χ0n) is 6.65. The topological polar surface area (TPSA) is 31.4 Å².